The molecule has 0 saturated carbocycles. The van der Waals surface area contributed by atoms with Gasteiger partial charge in [0.05, 0.1) is 0 Å². The van der Waals surface area contributed by atoms with Crippen LogP contribution in [-0.4, -0.2) is 30.8 Å². The van der Waals surface area contributed by atoms with Crippen LogP contribution in [-0.2, 0) is 0 Å². The van der Waals surface area contributed by atoms with Gasteiger partial charge in [-0.05, 0) is 37.8 Å². The average molecular weight is 202 g/mol. The Balaban J connectivity index is 3.79. The maximum atomic E-state index is 8.97. The largest absolute Gasteiger partial charge is 0.396 e. The lowest BCUT2D eigenvalue weighted by atomic mass is 9.95. The van der Waals surface area contributed by atoms with E-state index in [-0.39, 0.29) is 6.61 Å². The second kappa shape index (κ2) is 7.21. The summed E-state index contributed by atoms with van der Waals surface area (Å²) in [7, 11) is 0. The number of rotatable bonds is 7. The number of aliphatic hydroxyl groups is 1. The van der Waals surface area contributed by atoms with Crippen molar-refractivity contribution in [3.63, 3.8) is 0 Å². The van der Waals surface area contributed by atoms with Crippen molar-refractivity contribution < 1.29 is 5.11 Å². The van der Waals surface area contributed by atoms with Crippen LogP contribution in [0.2, 0.25) is 0 Å². The lowest BCUT2D eigenvalue weighted by Gasteiger charge is -2.24. The highest BCUT2D eigenvalue weighted by atomic mass is 16.3. The minimum atomic E-state index is 0.239. The average Bonchev–Trinajstić information content (AvgIpc) is 2.16. The Bertz CT molecular complexity index is 139. The quantitative estimate of drug-likeness (QED) is 0.573. The van der Waals surface area contributed by atoms with Gasteiger partial charge in [-0.3, -0.25) is 0 Å². The monoisotopic (exact) mass is 202 g/mol. The molecule has 3 heteroatoms. The highest BCUT2D eigenvalue weighted by Gasteiger charge is 2.15. The fraction of sp³-hybridized carbons (Fsp3) is 1.00. The number of hydrogen-bond acceptors (Lipinski definition) is 3. The third-order valence-corrected chi connectivity index (χ3v) is 3.09. The van der Waals surface area contributed by atoms with Gasteiger partial charge in [-0.25, -0.2) is 0 Å². The molecule has 0 amide bonds. The van der Waals surface area contributed by atoms with Crippen molar-refractivity contribution in [1.29, 1.82) is 0 Å². The molecule has 0 spiro atoms. The van der Waals surface area contributed by atoms with Gasteiger partial charge in [0.1, 0.15) is 0 Å². The van der Waals surface area contributed by atoms with Crippen LogP contribution in [0, 0.1) is 17.8 Å². The van der Waals surface area contributed by atoms with Crippen LogP contribution in [0.5, 0.6) is 0 Å². The molecule has 0 aromatic heterocycles. The lowest BCUT2D eigenvalue weighted by Crippen LogP contribution is -2.40. The summed E-state index contributed by atoms with van der Waals surface area (Å²) in [6.07, 6.45) is 0. The third-order valence-electron chi connectivity index (χ3n) is 3.09. The number of hydrogen-bond donors (Lipinski definition) is 3. The van der Waals surface area contributed by atoms with Crippen molar-refractivity contribution in [2.24, 2.45) is 23.5 Å². The van der Waals surface area contributed by atoms with Crippen LogP contribution in [0.3, 0.4) is 0 Å². The minimum Gasteiger partial charge on any atom is -0.396 e. The van der Waals surface area contributed by atoms with Gasteiger partial charge < -0.3 is 16.2 Å². The lowest BCUT2D eigenvalue weighted by molar-refractivity contribution is 0.201. The van der Waals surface area contributed by atoms with Crippen LogP contribution >= 0.6 is 0 Å². The van der Waals surface area contributed by atoms with Gasteiger partial charge in [0.15, 0.2) is 0 Å². The van der Waals surface area contributed by atoms with Gasteiger partial charge in [-0.15, -0.1) is 0 Å². The Hall–Kier alpha value is -0.120. The fourth-order valence-corrected chi connectivity index (χ4v) is 1.29. The SMILES string of the molecule is CC(C)C(CN)CNC(C)C(C)CO. The maximum Gasteiger partial charge on any atom is 0.0471 e. The molecule has 3 unspecified atom stereocenters. The van der Waals surface area contributed by atoms with E-state index in [4.69, 9.17) is 10.8 Å². The second-order valence-electron chi connectivity index (χ2n) is 4.60. The van der Waals surface area contributed by atoms with Crippen LogP contribution in [0.4, 0.5) is 0 Å². The first kappa shape index (κ1) is 13.9. The smallest absolute Gasteiger partial charge is 0.0471 e. The van der Waals surface area contributed by atoms with Crippen LogP contribution in [0.1, 0.15) is 27.7 Å². The summed E-state index contributed by atoms with van der Waals surface area (Å²) in [6.45, 7) is 10.5. The number of nitrogens with two attached hydrogens (primary N) is 1. The molecular formula is C11H26N2O. The second-order valence-corrected chi connectivity index (χ2v) is 4.60. The standard InChI is InChI=1S/C11H26N2O/c1-8(2)11(5-12)6-13-10(4)9(3)7-14/h8-11,13-14H,5-7,12H2,1-4H3. The zero-order valence-corrected chi connectivity index (χ0v) is 9.96. The molecule has 3 atom stereocenters. The van der Waals surface area contributed by atoms with Gasteiger partial charge in [0, 0.05) is 12.6 Å². The van der Waals surface area contributed by atoms with Crippen molar-refractivity contribution in [3.8, 4) is 0 Å². The third kappa shape index (κ3) is 4.94. The molecule has 0 aliphatic carbocycles. The normalized spacial score (nSPS) is 18.2. The summed E-state index contributed by atoms with van der Waals surface area (Å²) in [4.78, 5) is 0. The van der Waals surface area contributed by atoms with E-state index in [1.807, 2.05) is 6.92 Å². The molecule has 0 rings (SSSR count). The predicted molar refractivity (Wildman–Crippen MR) is 61.1 cm³/mol. The Morgan fingerprint density at radius 3 is 2.14 bits per heavy atom. The minimum absolute atomic E-state index is 0.239. The molecule has 0 heterocycles. The summed E-state index contributed by atoms with van der Waals surface area (Å²) in [5, 5.41) is 12.4. The van der Waals surface area contributed by atoms with Crippen molar-refractivity contribution in [2.45, 2.75) is 33.7 Å². The first-order valence-electron chi connectivity index (χ1n) is 5.57. The Kier molecular flexibility index (Phi) is 7.15. The van der Waals surface area contributed by atoms with E-state index in [9.17, 15) is 0 Å². The molecule has 0 aliphatic heterocycles. The predicted octanol–water partition coefficient (Wildman–Crippen LogP) is 0.824. The van der Waals surface area contributed by atoms with E-state index >= 15 is 0 Å². The molecule has 0 fully saturated rings. The topological polar surface area (TPSA) is 58.3 Å². The van der Waals surface area contributed by atoms with Gasteiger partial charge in [0.2, 0.25) is 0 Å². The maximum absolute atomic E-state index is 8.97. The zero-order valence-electron chi connectivity index (χ0n) is 9.96. The van der Waals surface area contributed by atoms with E-state index in [1.54, 1.807) is 0 Å². The first-order valence-corrected chi connectivity index (χ1v) is 5.57. The van der Waals surface area contributed by atoms with Crippen molar-refractivity contribution in [3.05, 3.63) is 0 Å². The highest BCUT2D eigenvalue weighted by Crippen LogP contribution is 2.09. The molecule has 0 aromatic rings. The molecule has 3 nitrogen and oxygen atoms in total. The molecule has 14 heavy (non-hydrogen) atoms. The van der Waals surface area contributed by atoms with Crippen molar-refractivity contribution in [1.82, 2.24) is 5.32 Å². The number of nitrogens with one attached hydrogen (secondary N) is 1. The molecule has 0 radical (unpaired) electrons. The highest BCUT2D eigenvalue weighted by molar-refractivity contribution is 4.72. The van der Waals surface area contributed by atoms with Crippen molar-refractivity contribution in [2.75, 3.05) is 19.7 Å². The van der Waals surface area contributed by atoms with Gasteiger partial charge in [0.25, 0.3) is 0 Å². The Labute approximate surface area is 88.1 Å². The van der Waals surface area contributed by atoms with E-state index in [0.29, 0.717) is 23.8 Å². The van der Waals surface area contributed by atoms with Crippen LogP contribution in [0.25, 0.3) is 0 Å². The summed E-state index contributed by atoms with van der Waals surface area (Å²) >= 11 is 0. The molecular weight excluding hydrogens is 176 g/mol. The molecule has 0 saturated heterocycles. The zero-order chi connectivity index (χ0) is 11.1. The molecule has 4 N–H and O–H groups in total. The van der Waals surface area contributed by atoms with Crippen molar-refractivity contribution >= 4 is 0 Å². The molecule has 86 valence electrons. The first-order chi connectivity index (χ1) is 6.52. The van der Waals surface area contributed by atoms with E-state index < -0.39 is 0 Å². The van der Waals surface area contributed by atoms with Gasteiger partial charge >= 0.3 is 0 Å². The summed E-state index contributed by atoms with van der Waals surface area (Å²) in [6, 6.07) is 0.354. The Morgan fingerprint density at radius 1 is 1.21 bits per heavy atom. The molecule has 0 aromatic carbocycles. The molecule has 0 aliphatic rings. The number of aliphatic hydroxyl groups excluding tert-OH is 1. The fourth-order valence-electron chi connectivity index (χ4n) is 1.29. The van der Waals surface area contributed by atoms with Gasteiger partial charge in [-0.1, -0.05) is 20.8 Å². The summed E-state index contributed by atoms with van der Waals surface area (Å²) in [5.41, 5.74) is 5.68. The van der Waals surface area contributed by atoms with E-state index in [0.717, 1.165) is 13.1 Å². The summed E-state index contributed by atoms with van der Waals surface area (Å²) < 4.78 is 0. The van der Waals surface area contributed by atoms with Gasteiger partial charge in [-0.2, -0.15) is 0 Å². The van der Waals surface area contributed by atoms with Crippen LogP contribution < -0.4 is 11.1 Å². The van der Waals surface area contributed by atoms with E-state index in [2.05, 4.69) is 26.1 Å². The molecule has 0 bridgehead atoms. The summed E-state index contributed by atoms with van der Waals surface area (Å²) in [5.74, 6) is 1.45. The Morgan fingerprint density at radius 2 is 1.79 bits per heavy atom. The van der Waals surface area contributed by atoms with E-state index in [1.165, 1.54) is 0 Å². The van der Waals surface area contributed by atoms with Crippen LogP contribution in [0.15, 0.2) is 0 Å².